The fourth-order valence-electron chi connectivity index (χ4n) is 0.996. The predicted octanol–water partition coefficient (Wildman–Crippen LogP) is 2.93. The van der Waals surface area contributed by atoms with Crippen LogP contribution in [-0.4, -0.2) is 13.0 Å². The lowest BCUT2D eigenvalue weighted by atomic mass is 10.3. The molecule has 3 nitrogen and oxygen atoms in total. The summed E-state index contributed by atoms with van der Waals surface area (Å²) < 4.78 is 5.52. The number of methoxy groups -OCH3 is 1. The average Bonchev–Trinajstić information content (AvgIpc) is 2.29. The van der Waals surface area contributed by atoms with E-state index in [0.717, 1.165) is 11.4 Å². The van der Waals surface area contributed by atoms with Crippen LogP contribution in [0.5, 0.6) is 5.75 Å². The number of nitrogens with one attached hydrogen (secondary N) is 1. The van der Waals surface area contributed by atoms with Gasteiger partial charge in [-0.2, -0.15) is 0 Å². The molecule has 80 valence electrons. The first-order chi connectivity index (χ1) is 7.17. The number of allylic oxidation sites excluding steroid dienone is 1. The Labute approximate surface area is 97.3 Å². The number of amides is 1. The zero-order chi connectivity index (χ0) is 11.3. The smallest absolute Gasteiger partial charge is 0.262 e. The number of carbonyl (C=O) groups excluding carboxylic acids is 1. The number of hydrogen-bond donors (Lipinski definition) is 1. The van der Waals surface area contributed by atoms with Crippen molar-refractivity contribution < 1.29 is 9.53 Å². The number of rotatable bonds is 3. The number of halogens is 1. The van der Waals surface area contributed by atoms with Gasteiger partial charge < -0.3 is 10.1 Å². The Kier molecular flexibility index (Phi) is 4.37. The zero-order valence-electron chi connectivity index (χ0n) is 8.58. The lowest BCUT2D eigenvalue weighted by Gasteiger charge is -2.05. The lowest BCUT2D eigenvalue weighted by molar-refractivity contribution is -0.112. The second-order valence-corrected chi connectivity index (χ2v) is 3.67. The predicted molar refractivity (Wildman–Crippen MR) is 64.3 cm³/mol. The summed E-state index contributed by atoms with van der Waals surface area (Å²) in [7, 11) is 1.60. The highest BCUT2D eigenvalue weighted by Gasteiger charge is 2.04. The van der Waals surface area contributed by atoms with Crippen LogP contribution >= 0.6 is 15.9 Å². The van der Waals surface area contributed by atoms with E-state index in [2.05, 4.69) is 21.2 Å². The van der Waals surface area contributed by atoms with Crippen LogP contribution in [-0.2, 0) is 4.79 Å². The molecule has 0 saturated carbocycles. The summed E-state index contributed by atoms with van der Waals surface area (Å²) in [6.07, 6.45) is 1.69. The number of ether oxygens (including phenoxy) is 1. The van der Waals surface area contributed by atoms with Crippen molar-refractivity contribution in [1.29, 1.82) is 0 Å². The summed E-state index contributed by atoms with van der Waals surface area (Å²) in [4.78, 5) is 11.4. The van der Waals surface area contributed by atoms with Crippen LogP contribution in [0.3, 0.4) is 0 Å². The van der Waals surface area contributed by atoms with Gasteiger partial charge >= 0.3 is 0 Å². The summed E-state index contributed by atoms with van der Waals surface area (Å²) >= 11 is 3.15. The van der Waals surface area contributed by atoms with Gasteiger partial charge in [0.2, 0.25) is 0 Å². The Hall–Kier alpha value is -1.29. The highest BCUT2D eigenvalue weighted by Crippen LogP contribution is 2.16. The quantitative estimate of drug-likeness (QED) is 0.857. The zero-order valence-corrected chi connectivity index (χ0v) is 10.2. The second-order valence-electron chi connectivity index (χ2n) is 2.82. The van der Waals surface area contributed by atoms with E-state index >= 15 is 0 Å². The topological polar surface area (TPSA) is 38.3 Å². The molecule has 0 radical (unpaired) electrons. The van der Waals surface area contributed by atoms with E-state index < -0.39 is 0 Å². The molecule has 0 heterocycles. The van der Waals surface area contributed by atoms with Gasteiger partial charge in [-0.3, -0.25) is 4.79 Å². The molecular weight excluding hydrogens is 258 g/mol. The Bertz CT molecular complexity index is 371. The highest BCUT2D eigenvalue weighted by molar-refractivity contribution is 9.12. The summed E-state index contributed by atoms with van der Waals surface area (Å²) in [6, 6.07) is 7.15. The van der Waals surface area contributed by atoms with Gasteiger partial charge in [-0.1, -0.05) is 6.08 Å². The van der Waals surface area contributed by atoms with Gasteiger partial charge in [0.25, 0.3) is 5.91 Å². The maximum absolute atomic E-state index is 11.4. The maximum atomic E-state index is 11.4. The summed E-state index contributed by atoms with van der Waals surface area (Å²) in [6.45, 7) is 1.79. The Morgan fingerprint density at radius 3 is 2.47 bits per heavy atom. The third kappa shape index (κ3) is 3.40. The van der Waals surface area contributed by atoms with Crippen molar-refractivity contribution in [3.63, 3.8) is 0 Å². The summed E-state index contributed by atoms with van der Waals surface area (Å²) in [5.74, 6) is 0.598. The van der Waals surface area contributed by atoms with Crippen molar-refractivity contribution >= 4 is 27.5 Å². The van der Waals surface area contributed by atoms with Crippen molar-refractivity contribution in [3.05, 3.63) is 34.8 Å². The minimum atomic E-state index is -0.164. The van der Waals surface area contributed by atoms with Crippen LogP contribution in [0.15, 0.2) is 34.8 Å². The van der Waals surface area contributed by atoms with Crippen LogP contribution in [0.4, 0.5) is 5.69 Å². The van der Waals surface area contributed by atoms with Crippen LogP contribution in [0, 0.1) is 0 Å². The SMILES string of the molecule is CC=C(Br)C(=O)Nc1ccc(OC)cc1. The largest absolute Gasteiger partial charge is 0.497 e. The molecule has 0 spiro atoms. The van der Waals surface area contributed by atoms with E-state index in [0.29, 0.717) is 4.48 Å². The van der Waals surface area contributed by atoms with Crippen LogP contribution in [0.25, 0.3) is 0 Å². The monoisotopic (exact) mass is 269 g/mol. The van der Waals surface area contributed by atoms with Gasteiger partial charge in [0.05, 0.1) is 11.6 Å². The van der Waals surface area contributed by atoms with Crippen LogP contribution < -0.4 is 10.1 Å². The molecule has 0 saturated heterocycles. The van der Waals surface area contributed by atoms with Crippen LogP contribution in [0.2, 0.25) is 0 Å². The van der Waals surface area contributed by atoms with Crippen molar-refractivity contribution in [3.8, 4) is 5.75 Å². The van der Waals surface area contributed by atoms with Crippen molar-refractivity contribution in [2.75, 3.05) is 12.4 Å². The van der Waals surface area contributed by atoms with Crippen LogP contribution in [0.1, 0.15) is 6.92 Å². The van der Waals surface area contributed by atoms with Gasteiger partial charge in [-0.25, -0.2) is 0 Å². The van der Waals surface area contributed by atoms with E-state index in [1.165, 1.54) is 0 Å². The van der Waals surface area contributed by atoms with Gasteiger partial charge in [0, 0.05) is 5.69 Å². The lowest BCUT2D eigenvalue weighted by Crippen LogP contribution is -2.10. The fourth-order valence-corrected chi connectivity index (χ4v) is 1.10. The molecule has 1 aromatic carbocycles. The molecule has 1 amide bonds. The molecule has 0 aliphatic carbocycles. The van der Waals surface area contributed by atoms with E-state index in [9.17, 15) is 4.79 Å². The van der Waals surface area contributed by atoms with E-state index in [1.807, 2.05) is 0 Å². The van der Waals surface area contributed by atoms with Crippen molar-refractivity contribution in [1.82, 2.24) is 0 Å². The Morgan fingerprint density at radius 2 is 2.00 bits per heavy atom. The molecule has 1 rings (SSSR count). The van der Waals surface area contributed by atoms with E-state index in [-0.39, 0.29) is 5.91 Å². The molecule has 1 N–H and O–H groups in total. The van der Waals surface area contributed by atoms with E-state index in [4.69, 9.17) is 4.74 Å². The molecule has 15 heavy (non-hydrogen) atoms. The minimum Gasteiger partial charge on any atom is -0.497 e. The summed E-state index contributed by atoms with van der Waals surface area (Å²) in [5.41, 5.74) is 0.736. The highest BCUT2D eigenvalue weighted by atomic mass is 79.9. The average molecular weight is 270 g/mol. The van der Waals surface area contributed by atoms with Gasteiger partial charge in [-0.15, -0.1) is 0 Å². The van der Waals surface area contributed by atoms with Gasteiger partial charge in [-0.05, 0) is 47.1 Å². The molecule has 4 heteroatoms. The molecule has 0 aromatic heterocycles. The first-order valence-corrected chi connectivity index (χ1v) is 5.24. The molecule has 0 fully saturated rings. The van der Waals surface area contributed by atoms with Crippen molar-refractivity contribution in [2.45, 2.75) is 6.92 Å². The molecule has 0 bridgehead atoms. The summed E-state index contributed by atoms with van der Waals surface area (Å²) in [5, 5.41) is 2.73. The first kappa shape index (κ1) is 11.8. The number of carbonyl (C=O) groups is 1. The normalized spacial score (nSPS) is 11.0. The molecule has 0 atom stereocenters. The fraction of sp³-hybridized carbons (Fsp3) is 0.182. The van der Waals surface area contributed by atoms with Crippen molar-refractivity contribution in [2.24, 2.45) is 0 Å². The molecule has 0 aliphatic heterocycles. The standard InChI is InChI=1S/C11H12BrNO2/c1-3-10(12)11(14)13-8-4-6-9(15-2)7-5-8/h3-7H,1-2H3,(H,13,14). The first-order valence-electron chi connectivity index (χ1n) is 4.44. The number of hydrogen-bond acceptors (Lipinski definition) is 2. The number of benzene rings is 1. The van der Waals surface area contributed by atoms with E-state index in [1.54, 1.807) is 44.4 Å². The third-order valence-corrected chi connectivity index (χ3v) is 2.64. The molecular formula is C11H12BrNO2. The molecule has 1 aromatic rings. The van der Waals surface area contributed by atoms with Gasteiger partial charge in [0.1, 0.15) is 5.75 Å². The Balaban J connectivity index is 2.69. The molecule has 0 unspecified atom stereocenters. The number of anilines is 1. The van der Waals surface area contributed by atoms with Gasteiger partial charge in [0.15, 0.2) is 0 Å². The Morgan fingerprint density at radius 1 is 1.40 bits per heavy atom. The second kappa shape index (κ2) is 5.56. The molecule has 0 aliphatic rings. The maximum Gasteiger partial charge on any atom is 0.262 e. The minimum absolute atomic E-state index is 0.164. The third-order valence-electron chi connectivity index (χ3n) is 1.82.